The highest BCUT2D eigenvalue weighted by Crippen LogP contribution is 2.16. The standard InChI is InChI=1S/C19H20FN5OS/c20-14-7-9-16(10-8-14)26-11-4-12-27-13-17-23-18(21)25-19(24-17)22-15-5-2-1-3-6-15/h1-3,5-10H,4,11-13H2,(H3,21,22,23,24,25). The number of nitrogens with two attached hydrogens (primary N) is 1. The Kier molecular flexibility index (Phi) is 6.81. The van der Waals surface area contributed by atoms with E-state index in [0.29, 0.717) is 29.9 Å². The fourth-order valence-corrected chi connectivity index (χ4v) is 3.03. The number of para-hydroxylation sites is 1. The van der Waals surface area contributed by atoms with E-state index in [1.54, 1.807) is 23.9 Å². The van der Waals surface area contributed by atoms with Crippen molar-refractivity contribution in [1.29, 1.82) is 0 Å². The van der Waals surface area contributed by atoms with Crippen molar-refractivity contribution in [2.75, 3.05) is 23.4 Å². The van der Waals surface area contributed by atoms with Gasteiger partial charge in [0.25, 0.3) is 0 Å². The second-order valence-corrected chi connectivity index (χ2v) is 6.74. The fraction of sp³-hybridized carbons (Fsp3) is 0.211. The molecule has 6 nitrogen and oxygen atoms in total. The normalized spacial score (nSPS) is 10.6. The molecule has 0 aliphatic rings. The highest BCUT2D eigenvalue weighted by Gasteiger charge is 2.05. The predicted octanol–water partition coefficient (Wildman–Crippen LogP) is 4.04. The molecule has 27 heavy (non-hydrogen) atoms. The first-order valence-corrected chi connectivity index (χ1v) is 9.63. The van der Waals surface area contributed by atoms with Crippen LogP contribution in [0, 0.1) is 5.82 Å². The molecule has 0 spiro atoms. The van der Waals surface area contributed by atoms with E-state index in [2.05, 4.69) is 20.3 Å². The number of nitrogen functional groups attached to an aromatic ring is 1. The molecule has 2 aromatic carbocycles. The van der Waals surface area contributed by atoms with Crippen molar-refractivity contribution < 1.29 is 9.13 Å². The molecule has 0 unspecified atom stereocenters. The molecule has 0 aliphatic carbocycles. The minimum atomic E-state index is -0.268. The Morgan fingerprint density at radius 3 is 2.56 bits per heavy atom. The van der Waals surface area contributed by atoms with Crippen LogP contribution < -0.4 is 15.8 Å². The van der Waals surface area contributed by atoms with Crippen LogP contribution >= 0.6 is 11.8 Å². The van der Waals surface area contributed by atoms with Crippen molar-refractivity contribution in [2.45, 2.75) is 12.2 Å². The number of hydrogen-bond donors (Lipinski definition) is 2. The lowest BCUT2D eigenvalue weighted by Gasteiger charge is -2.08. The Morgan fingerprint density at radius 2 is 1.78 bits per heavy atom. The van der Waals surface area contributed by atoms with Crippen LogP contribution in [0.1, 0.15) is 12.2 Å². The minimum absolute atomic E-state index is 0.193. The second-order valence-electron chi connectivity index (χ2n) is 5.63. The SMILES string of the molecule is Nc1nc(CSCCCOc2ccc(F)cc2)nc(Nc2ccccc2)n1. The van der Waals surface area contributed by atoms with E-state index in [4.69, 9.17) is 10.5 Å². The van der Waals surface area contributed by atoms with E-state index in [1.807, 2.05) is 30.3 Å². The van der Waals surface area contributed by atoms with Crippen molar-refractivity contribution >= 4 is 29.3 Å². The average Bonchev–Trinajstić information content (AvgIpc) is 2.66. The molecule has 0 saturated carbocycles. The zero-order chi connectivity index (χ0) is 18.9. The molecule has 140 valence electrons. The largest absolute Gasteiger partial charge is 0.494 e. The van der Waals surface area contributed by atoms with E-state index in [1.165, 1.54) is 12.1 Å². The number of hydrogen-bond acceptors (Lipinski definition) is 7. The van der Waals surface area contributed by atoms with Gasteiger partial charge in [-0.1, -0.05) is 18.2 Å². The summed E-state index contributed by atoms with van der Waals surface area (Å²) in [5.41, 5.74) is 6.67. The summed E-state index contributed by atoms with van der Waals surface area (Å²) in [7, 11) is 0. The molecule has 1 aromatic heterocycles. The zero-order valence-corrected chi connectivity index (χ0v) is 15.5. The Hall–Kier alpha value is -2.87. The Balaban J connectivity index is 1.42. The number of nitrogens with one attached hydrogen (secondary N) is 1. The Morgan fingerprint density at radius 1 is 1.00 bits per heavy atom. The average molecular weight is 385 g/mol. The number of halogens is 1. The van der Waals surface area contributed by atoms with Crippen molar-refractivity contribution in [3.8, 4) is 5.75 Å². The summed E-state index contributed by atoms with van der Waals surface area (Å²) in [5, 5.41) is 3.12. The van der Waals surface area contributed by atoms with Gasteiger partial charge < -0.3 is 15.8 Å². The lowest BCUT2D eigenvalue weighted by atomic mass is 10.3. The van der Waals surface area contributed by atoms with Crippen LogP contribution in [0.25, 0.3) is 0 Å². The second kappa shape index (κ2) is 9.72. The first-order chi connectivity index (χ1) is 13.2. The lowest BCUT2D eigenvalue weighted by molar-refractivity contribution is 0.318. The molecule has 0 aliphatic heterocycles. The molecule has 0 saturated heterocycles. The molecule has 0 atom stereocenters. The zero-order valence-electron chi connectivity index (χ0n) is 14.6. The van der Waals surface area contributed by atoms with Crippen LogP contribution in [0.2, 0.25) is 0 Å². The quantitative estimate of drug-likeness (QED) is 0.538. The molecule has 3 rings (SSSR count). The maximum atomic E-state index is 12.8. The van der Waals surface area contributed by atoms with E-state index < -0.39 is 0 Å². The van der Waals surface area contributed by atoms with Gasteiger partial charge in [0.15, 0.2) is 0 Å². The fourth-order valence-electron chi connectivity index (χ4n) is 2.25. The number of anilines is 3. The number of ether oxygens (including phenoxy) is 1. The van der Waals surface area contributed by atoms with Gasteiger partial charge in [-0.05, 0) is 48.6 Å². The predicted molar refractivity (Wildman–Crippen MR) is 107 cm³/mol. The van der Waals surface area contributed by atoms with Gasteiger partial charge in [0.1, 0.15) is 17.4 Å². The summed E-state index contributed by atoms with van der Waals surface area (Å²) in [6.07, 6.45) is 0.859. The summed E-state index contributed by atoms with van der Waals surface area (Å²) in [4.78, 5) is 12.7. The molecule has 0 fully saturated rings. The molecule has 3 N–H and O–H groups in total. The van der Waals surface area contributed by atoms with E-state index in [9.17, 15) is 4.39 Å². The van der Waals surface area contributed by atoms with Crippen molar-refractivity contribution in [1.82, 2.24) is 15.0 Å². The number of rotatable bonds is 9. The van der Waals surface area contributed by atoms with Gasteiger partial charge in [0, 0.05) is 5.69 Å². The maximum Gasteiger partial charge on any atom is 0.232 e. The first kappa shape index (κ1) is 18.9. The van der Waals surface area contributed by atoms with Crippen molar-refractivity contribution in [3.05, 3.63) is 66.2 Å². The third kappa shape index (κ3) is 6.41. The highest BCUT2D eigenvalue weighted by atomic mass is 32.2. The summed E-state index contributed by atoms with van der Waals surface area (Å²) in [6, 6.07) is 15.7. The van der Waals surface area contributed by atoms with Gasteiger partial charge in [-0.15, -0.1) is 0 Å². The Bertz CT molecular complexity index is 848. The van der Waals surface area contributed by atoms with E-state index >= 15 is 0 Å². The molecular formula is C19H20FN5OS. The van der Waals surface area contributed by atoms with Crippen molar-refractivity contribution in [2.24, 2.45) is 0 Å². The van der Waals surface area contributed by atoms with Crippen LogP contribution in [-0.2, 0) is 5.75 Å². The molecule has 0 radical (unpaired) electrons. The molecule has 8 heteroatoms. The molecular weight excluding hydrogens is 365 g/mol. The van der Waals surface area contributed by atoms with Crippen molar-refractivity contribution in [3.63, 3.8) is 0 Å². The molecule has 0 bridgehead atoms. The Labute approximate surface area is 161 Å². The van der Waals surface area contributed by atoms with Gasteiger partial charge in [0.2, 0.25) is 11.9 Å². The van der Waals surface area contributed by atoms with Crippen LogP contribution in [-0.4, -0.2) is 27.3 Å². The highest BCUT2D eigenvalue weighted by molar-refractivity contribution is 7.98. The number of benzene rings is 2. The van der Waals surface area contributed by atoms with Gasteiger partial charge in [0.05, 0.1) is 12.4 Å². The monoisotopic (exact) mass is 385 g/mol. The summed E-state index contributed by atoms with van der Waals surface area (Å²) in [6.45, 7) is 0.568. The first-order valence-electron chi connectivity index (χ1n) is 8.48. The third-order valence-electron chi connectivity index (χ3n) is 3.48. The van der Waals surface area contributed by atoms with E-state index in [-0.39, 0.29) is 11.8 Å². The molecule has 1 heterocycles. The lowest BCUT2D eigenvalue weighted by Crippen LogP contribution is -2.07. The van der Waals surface area contributed by atoms with Crippen LogP contribution in [0.15, 0.2) is 54.6 Å². The summed E-state index contributed by atoms with van der Waals surface area (Å²) >= 11 is 1.69. The van der Waals surface area contributed by atoms with Crippen LogP contribution in [0.5, 0.6) is 5.75 Å². The third-order valence-corrected chi connectivity index (χ3v) is 4.52. The molecule has 0 amide bonds. The summed E-state index contributed by atoms with van der Waals surface area (Å²) < 4.78 is 18.4. The van der Waals surface area contributed by atoms with Gasteiger partial charge in [-0.2, -0.15) is 26.7 Å². The number of thioether (sulfide) groups is 1. The van der Waals surface area contributed by atoms with Crippen LogP contribution in [0.4, 0.5) is 22.0 Å². The van der Waals surface area contributed by atoms with Gasteiger partial charge >= 0.3 is 0 Å². The van der Waals surface area contributed by atoms with Gasteiger partial charge in [-0.3, -0.25) is 0 Å². The summed E-state index contributed by atoms with van der Waals surface area (Å²) in [5.74, 6) is 3.17. The van der Waals surface area contributed by atoms with Crippen LogP contribution in [0.3, 0.4) is 0 Å². The number of aromatic nitrogens is 3. The number of nitrogens with zero attached hydrogens (tertiary/aromatic N) is 3. The smallest absolute Gasteiger partial charge is 0.232 e. The minimum Gasteiger partial charge on any atom is -0.494 e. The van der Waals surface area contributed by atoms with E-state index in [0.717, 1.165) is 17.9 Å². The molecule has 3 aromatic rings. The maximum absolute atomic E-state index is 12.8. The topological polar surface area (TPSA) is 86.0 Å². The van der Waals surface area contributed by atoms with Gasteiger partial charge in [-0.25, -0.2) is 4.39 Å².